The first-order chi connectivity index (χ1) is 13.6. The molecule has 0 bridgehead atoms. The van der Waals surface area contributed by atoms with Crippen molar-refractivity contribution in [3.8, 4) is 0 Å². The summed E-state index contributed by atoms with van der Waals surface area (Å²) in [5, 5.41) is 10.8. The van der Waals surface area contributed by atoms with E-state index in [2.05, 4.69) is 39.5 Å². The van der Waals surface area contributed by atoms with Crippen molar-refractivity contribution in [2.45, 2.75) is 58.4 Å². The fraction of sp³-hybridized carbons (Fsp3) is 0.750. The van der Waals surface area contributed by atoms with E-state index in [1.807, 2.05) is 6.07 Å². The van der Waals surface area contributed by atoms with Gasteiger partial charge in [-0.05, 0) is 45.2 Å². The van der Waals surface area contributed by atoms with Gasteiger partial charge in [0, 0.05) is 32.1 Å². The van der Waals surface area contributed by atoms with Gasteiger partial charge in [0.15, 0.2) is 11.7 Å². The highest BCUT2D eigenvalue weighted by Crippen LogP contribution is 2.22. The largest absolute Gasteiger partial charge is 0.369 e. The van der Waals surface area contributed by atoms with Gasteiger partial charge in [0.05, 0.1) is 18.2 Å². The van der Waals surface area contributed by atoms with E-state index in [-0.39, 0.29) is 11.8 Å². The van der Waals surface area contributed by atoms with Crippen LogP contribution in [-0.2, 0) is 11.3 Å². The number of likely N-dealkylation sites (tertiary alicyclic amines) is 1. The number of carbonyl (C=O) groups excluding carboxylic acids is 1. The molecule has 0 radical (unpaired) electrons. The highest BCUT2D eigenvalue weighted by Gasteiger charge is 2.23. The molecule has 1 fully saturated rings. The van der Waals surface area contributed by atoms with E-state index in [0.29, 0.717) is 12.5 Å². The van der Waals surface area contributed by atoms with Crippen LogP contribution in [0, 0.1) is 5.92 Å². The van der Waals surface area contributed by atoms with E-state index < -0.39 is 0 Å². The molecule has 4 N–H and O–H groups in total. The Morgan fingerprint density at radius 3 is 2.89 bits per heavy atom. The summed E-state index contributed by atoms with van der Waals surface area (Å²) in [5.41, 5.74) is 6.47. The molecular weight excluding hydrogens is 356 g/mol. The first kappa shape index (κ1) is 22.2. The van der Waals surface area contributed by atoms with Crippen molar-refractivity contribution < 1.29 is 9.32 Å². The van der Waals surface area contributed by atoms with Crippen molar-refractivity contribution in [2.75, 3.05) is 33.2 Å². The van der Waals surface area contributed by atoms with E-state index in [1.165, 1.54) is 0 Å². The quantitative estimate of drug-likeness (QED) is 0.318. The van der Waals surface area contributed by atoms with Crippen LogP contribution in [0.4, 0.5) is 0 Å². The number of carbonyl (C=O) groups is 1. The van der Waals surface area contributed by atoms with Gasteiger partial charge in [-0.15, -0.1) is 0 Å². The van der Waals surface area contributed by atoms with Gasteiger partial charge in [0.25, 0.3) is 0 Å². The Bertz CT molecular complexity index is 626. The first-order valence-corrected chi connectivity index (χ1v) is 10.5. The highest BCUT2D eigenvalue weighted by atomic mass is 16.5. The first-order valence-electron chi connectivity index (χ1n) is 10.5. The summed E-state index contributed by atoms with van der Waals surface area (Å²) in [4.78, 5) is 17.9. The van der Waals surface area contributed by atoms with Crippen molar-refractivity contribution in [1.82, 2.24) is 20.7 Å². The van der Waals surface area contributed by atoms with Crippen molar-refractivity contribution in [2.24, 2.45) is 16.6 Å². The van der Waals surface area contributed by atoms with Crippen LogP contribution in [0.3, 0.4) is 0 Å². The molecule has 1 atom stereocenters. The number of hydrogen-bond donors (Lipinski definition) is 3. The Labute approximate surface area is 168 Å². The molecule has 1 saturated heterocycles. The zero-order valence-corrected chi connectivity index (χ0v) is 17.5. The summed E-state index contributed by atoms with van der Waals surface area (Å²) in [6, 6.07) is 2.03. The van der Waals surface area contributed by atoms with Gasteiger partial charge in [-0.2, -0.15) is 0 Å². The average molecular weight is 393 g/mol. The SMILES string of the molecule is CCC(CC)c1cc(CNC(=NC)NCCCN2CCCC(C(N)=O)C2)on1. The van der Waals surface area contributed by atoms with Crippen LogP contribution >= 0.6 is 0 Å². The Balaban J connectivity index is 1.67. The molecule has 2 heterocycles. The number of nitrogens with one attached hydrogen (secondary N) is 2. The van der Waals surface area contributed by atoms with Crippen LogP contribution in [0.1, 0.15) is 63.3 Å². The molecular formula is C20H36N6O2. The fourth-order valence-electron chi connectivity index (χ4n) is 3.70. The fourth-order valence-corrected chi connectivity index (χ4v) is 3.70. The standard InChI is InChI=1S/C20H36N6O2/c1-4-15(5-2)18-12-17(28-25-18)13-24-20(22-3)23-9-7-11-26-10-6-8-16(14-26)19(21)27/h12,15-16H,4-11,13-14H2,1-3H3,(H2,21,27)(H2,22,23,24). The molecule has 1 aromatic heterocycles. The van der Waals surface area contributed by atoms with Gasteiger partial charge >= 0.3 is 0 Å². The molecule has 1 amide bonds. The van der Waals surface area contributed by atoms with Gasteiger partial charge in [0.2, 0.25) is 5.91 Å². The van der Waals surface area contributed by atoms with Crippen molar-refractivity contribution >= 4 is 11.9 Å². The predicted molar refractivity (Wildman–Crippen MR) is 111 cm³/mol. The van der Waals surface area contributed by atoms with E-state index in [9.17, 15) is 4.79 Å². The summed E-state index contributed by atoms with van der Waals surface area (Å²) in [6.45, 7) is 8.49. The molecule has 1 aromatic rings. The molecule has 1 aliphatic rings. The number of primary amides is 1. The molecule has 158 valence electrons. The summed E-state index contributed by atoms with van der Waals surface area (Å²) in [7, 11) is 1.76. The molecule has 1 unspecified atom stereocenters. The number of nitrogens with two attached hydrogens (primary N) is 1. The molecule has 8 nitrogen and oxygen atoms in total. The summed E-state index contributed by atoms with van der Waals surface area (Å²) in [5.74, 6) is 1.85. The third-order valence-corrected chi connectivity index (χ3v) is 5.49. The van der Waals surface area contributed by atoms with E-state index in [0.717, 1.165) is 75.7 Å². The third-order valence-electron chi connectivity index (χ3n) is 5.49. The second kappa shape index (κ2) is 11.7. The minimum Gasteiger partial charge on any atom is -0.369 e. The number of aromatic nitrogens is 1. The van der Waals surface area contributed by atoms with Gasteiger partial charge in [0.1, 0.15) is 0 Å². The number of guanidine groups is 1. The van der Waals surface area contributed by atoms with E-state index in [4.69, 9.17) is 10.3 Å². The van der Waals surface area contributed by atoms with Crippen LogP contribution < -0.4 is 16.4 Å². The Hall–Kier alpha value is -2.09. The zero-order valence-electron chi connectivity index (χ0n) is 17.5. The van der Waals surface area contributed by atoms with Crippen LogP contribution in [0.5, 0.6) is 0 Å². The second-order valence-corrected chi connectivity index (χ2v) is 7.48. The predicted octanol–water partition coefficient (Wildman–Crippen LogP) is 1.83. The molecule has 2 rings (SSSR count). The normalized spacial score (nSPS) is 18.4. The van der Waals surface area contributed by atoms with Crippen molar-refractivity contribution in [3.05, 3.63) is 17.5 Å². The minimum absolute atomic E-state index is 0.00273. The lowest BCUT2D eigenvalue weighted by Crippen LogP contribution is -2.42. The average Bonchev–Trinajstić information content (AvgIpc) is 3.17. The number of aliphatic imine (C=N–C) groups is 1. The number of hydrogen-bond acceptors (Lipinski definition) is 5. The van der Waals surface area contributed by atoms with E-state index >= 15 is 0 Å². The van der Waals surface area contributed by atoms with Crippen LogP contribution in [-0.4, -0.2) is 55.2 Å². The van der Waals surface area contributed by atoms with Gasteiger partial charge in [-0.25, -0.2) is 0 Å². The minimum atomic E-state index is -0.174. The van der Waals surface area contributed by atoms with Gasteiger partial charge in [-0.3, -0.25) is 9.79 Å². The van der Waals surface area contributed by atoms with Crippen molar-refractivity contribution in [1.29, 1.82) is 0 Å². The molecule has 0 aromatic carbocycles. The third kappa shape index (κ3) is 6.82. The number of amides is 1. The smallest absolute Gasteiger partial charge is 0.221 e. The summed E-state index contributed by atoms with van der Waals surface area (Å²) in [6.07, 6.45) is 5.07. The molecule has 28 heavy (non-hydrogen) atoms. The molecule has 8 heteroatoms. The van der Waals surface area contributed by atoms with Crippen molar-refractivity contribution in [3.63, 3.8) is 0 Å². The maximum Gasteiger partial charge on any atom is 0.221 e. The second-order valence-electron chi connectivity index (χ2n) is 7.48. The number of nitrogens with zero attached hydrogens (tertiary/aromatic N) is 3. The van der Waals surface area contributed by atoms with Crippen LogP contribution in [0.2, 0.25) is 0 Å². The zero-order chi connectivity index (χ0) is 20.4. The van der Waals surface area contributed by atoms with E-state index in [1.54, 1.807) is 7.05 Å². The lowest BCUT2D eigenvalue weighted by atomic mass is 9.97. The summed E-state index contributed by atoms with van der Waals surface area (Å²) < 4.78 is 5.44. The lowest BCUT2D eigenvalue weighted by Gasteiger charge is -2.31. The van der Waals surface area contributed by atoms with Gasteiger partial charge in [-0.1, -0.05) is 19.0 Å². The highest BCUT2D eigenvalue weighted by molar-refractivity contribution is 5.79. The van der Waals surface area contributed by atoms with Gasteiger partial charge < -0.3 is 25.8 Å². The Kier molecular flexibility index (Phi) is 9.27. The van der Waals surface area contributed by atoms with Crippen LogP contribution in [0.25, 0.3) is 0 Å². The number of rotatable bonds is 10. The van der Waals surface area contributed by atoms with Crippen LogP contribution in [0.15, 0.2) is 15.6 Å². The summed E-state index contributed by atoms with van der Waals surface area (Å²) >= 11 is 0. The lowest BCUT2D eigenvalue weighted by molar-refractivity contribution is -0.123. The molecule has 0 aliphatic carbocycles. The Morgan fingerprint density at radius 1 is 1.43 bits per heavy atom. The maximum absolute atomic E-state index is 11.4. The topological polar surface area (TPSA) is 109 Å². The molecule has 1 aliphatic heterocycles. The maximum atomic E-state index is 11.4. The number of piperidine rings is 1. The molecule has 0 spiro atoms. The molecule has 0 saturated carbocycles. The Morgan fingerprint density at radius 2 is 2.21 bits per heavy atom. The monoisotopic (exact) mass is 392 g/mol.